The molecule has 2 fully saturated rings. The highest BCUT2D eigenvalue weighted by Gasteiger charge is 2.62. The van der Waals surface area contributed by atoms with Crippen LogP contribution in [-0.2, 0) is 19.2 Å². The van der Waals surface area contributed by atoms with Crippen LogP contribution in [0.15, 0.2) is 11.6 Å². The largest absolute Gasteiger partial charge is 0.481 e. The number of amides is 1. The van der Waals surface area contributed by atoms with E-state index in [-0.39, 0.29) is 17.1 Å². The average molecular weight is 371 g/mol. The van der Waals surface area contributed by atoms with Crippen LogP contribution in [0.25, 0.3) is 0 Å². The molecule has 2 aliphatic heterocycles. The van der Waals surface area contributed by atoms with Crippen molar-refractivity contribution in [2.75, 3.05) is 0 Å². The van der Waals surface area contributed by atoms with Crippen molar-refractivity contribution in [1.29, 1.82) is 0 Å². The Morgan fingerprint density at radius 3 is 2.00 bits per heavy atom. The minimum Gasteiger partial charge on any atom is -0.481 e. The van der Waals surface area contributed by atoms with Crippen LogP contribution in [0.5, 0.6) is 0 Å². The Hall–Kier alpha value is -1.96. The number of carboxylic acids is 2. The molecule has 7 nitrogen and oxygen atoms in total. The van der Waals surface area contributed by atoms with E-state index < -0.39 is 38.6 Å². The van der Waals surface area contributed by atoms with Gasteiger partial charge in [0.25, 0.3) is 5.91 Å². The highest BCUT2D eigenvalue weighted by atomic mass is 32.2. The lowest BCUT2D eigenvalue weighted by Gasteiger charge is -2.39. The SMILES string of the molecule is C=S1[C@@H]2/C(=C/C(C)=O)C(=O)N2[C@@H](C(=O)O)C1(C)C.CC(C)(C)C(=O)O. The number of ketones is 1. The maximum atomic E-state index is 11.9. The molecule has 8 heteroatoms. The predicted octanol–water partition coefficient (Wildman–Crippen LogP) is 1.73. The molecule has 2 rings (SSSR count). The van der Waals surface area contributed by atoms with E-state index in [1.807, 2.05) is 0 Å². The van der Waals surface area contributed by atoms with Gasteiger partial charge in [-0.05, 0) is 47.6 Å². The minimum absolute atomic E-state index is 0.202. The molecule has 2 heterocycles. The molecule has 25 heavy (non-hydrogen) atoms. The topological polar surface area (TPSA) is 112 Å². The molecule has 0 aromatic heterocycles. The molecule has 0 aromatic carbocycles. The first-order valence-corrected chi connectivity index (χ1v) is 9.13. The summed E-state index contributed by atoms with van der Waals surface area (Å²) in [6.45, 7) is 9.97. The Bertz CT molecular complexity index is 686. The van der Waals surface area contributed by atoms with Crippen LogP contribution in [-0.4, -0.2) is 60.8 Å². The molecular formula is C17H25NO6S. The number of nitrogens with zero attached hydrogens (tertiary/aromatic N) is 1. The van der Waals surface area contributed by atoms with Crippen LogP contribution >= 0.6 is 10.5 Å². The molecular weight excluding hydrogens is 346 g/mol. The van der Waals surface area contributed by atoms with Gasteiger partial charge in [0.05, 0.1) is 11.0 Å². The normalized spacial score (nSPS) is 28.6. The van der Waals surface area contributed by atoms with Gasteiger partial charge >= 0.3 is 11.9 Å². The van der Waals surface area contributed by atoms with Crippen LogP contribution in [0.4, 0.5) is 0 Å². The Labute approximate surface area is 149 Å². The van der Waals surface area contributed by atoms with E-state index in [9.17, 15) is 24.3 Å². The van der Waals surface area contributed by atoms with Crippen LogP contribution in [0.1, 0.15) is 41.5 Å². The third-order valence-electron chi connectivity index (χ3n) is 4.12. The average Bonchev–Trinajstić information content (AvgIpc) is 2.61. The second-order valence-electron chi connectivity index (χ2n) is 7.60. The number of fused-ring (bicyclic) bond motifs is 1. The molecule has 1 unspecified atom stereocenters. The Kier molecular flexibility index (Phi) is 5.69. The summed E-state index contributed by atoms with van der Waals surface area (Å²) in [7, 11) is -0.535. The Morgan fingerprint density at radius 2 is 1.68 bits per heavy atom. The van der Waals surface area contributed by atoms with Gasteiger partial charge in [0.2, 0.25) is 0 Å². The van der Waals surface area contributed by atoms with Gasteiger partial charge < -0.3 is 15.1 Å². The van der Waals surface area contributed by atoms with E-state index in [2.05, 4.69) is 5.87 Å². The Morgan fingerprint density at radius 1 is 1.24 bits per heavy atom. The zero-order valence-electron chi connectivity index (χ0n) is 15.3. The van der Waals surface area contributed by atoms with Gasteiger partial charge in [-0.15, -0.1) is 0 Å². The van der Waals surface area contributed by atoms with Crippen LogP contribution < -0.4 is 0 Å². The van der Waals surface area contributed by atoms with Gasteiger partial charge in [-0.1, -0.05) is 5.87 Å². The summed E-state index contributed by atoms with van der Waals surface area (Å²) < 4.78 is -0.585. The first-order chi connectivity index (χ1) is 11.1. The van der Waals surface area contributed by atoms with Gasteiger partial charge in [-0.2, -0.15) is 10.5 Å². The molecule has 0 aliphatic carbocycles. The predicted molar refractivity (Wildman–Crippen MR) is 96.7 cm³/mol. The van der Waals surface area contributed by atoms with Crippen molar-refractivity contribution in [3.8, 4) is 0 Å². The van der Waals surface area contributed by atoms with E-state index in [1.54, 1.807) is 34.6 Å². The van der Waals surface area contributed by atoms with E-state index in [4.69, 9.17) is 5.11 Å². The molecule has 2 saturated heterocycles. The number of carbonyl (C=O) groups excluding carboxylic acids is 2. The van der Waals surface area contributed by atoms with E-state index >= 15 is 0 Å². The molecule has 1 amide bonds. The number of hydrogen-bond donors (Lipinski definition) is 2. The second kappa shape index (κ2) is 6.74. The first-order valence-electron chi connectivity index (χ1n) is 7.68. The third-order valence-corrected chi connectivity index (χ3v) is 6.71. The maximum absolute atomic E-state index is 11.9. The summed E-state index contributed by atoms with van der Waals surface area (Å²) in [6.07, 6.45) is 1.30. The van der Waals surface area contributed by atoms with Crippen molar-refractivity contribution >= 4 is 40.0 Å². The monoisotopic (exact) mass is 371 g/mol. The van der Waals surface area contributed by atoms with Crippen molar-refractivity contribution in [3.05, 3.63) is 11.6 Å². The fourth-order valence-corrected chi connectivity index (χ4v) is 4.57. The summed E-state index contributed by atoms with van der Waals surface area (Å²) in [6, 6.07) is -0.861. The van der Waals surface area contributed by atoms with Crippen molar-refractivity contribution in [2.24, 2.45) is 5.41 Å². The Balaban J connectivity index is 0.000000381. The molecule has 140 valence electrons. The second-order valence-corrected chi connectivity index (χ2v) is 9.96. The van der Waals surface area contributed by atoms with Gasteiger partial charge in [-0.25, -0.2) is 4.79 Å². The smallest absolute Gasteiger partial charge is 0.327 e. The number of aliphatic carboxylic acids is 2. The van der Waals surface area contributed by atoms with Crippen molar-refractivity contribution in [1.82, 2.24) is 4.90 Å². The number of carbonyl (C=O) groups is 4. The first kappa shape index (κ1) is 21.1. The lowest BCUT2D eigenvalue weighted by molar-refractivity contribution is -0.152. The summed E-state index contributed by atoms with van der Waals surface area (Å²) in [5.74, 6) is 1.69. The molecule has 3 atom stereocenters. The summed E-state index contributed by atoms with van der Waals surface area (Å²) >= 11 is 0. The molecule has 0 radical (unpaired) electrons. The van der Waals surface area contributed by atoms with Gasteiger partial charge in [-0.3, -0.25) is 14.4 Å². The summed E-state index contributed by atoms with van der Waals surface area (Å²) in [4.78, 5) is 45.7. The van der Waals surface area contributed by atoms with Crippen LogP contribution in [0.3, 0.4) is 0 Å². The van der Waals surface area contributed by atoms with Crippen LogP contribution in [0.2, 0.25) is 0 Å². The lowest BCUT2D eigenvalue weighted by atomic mass is 9.95. The number of allylic oxidation sites excluding steroid dienone is 1. The number of carboxylic acid groups (broad SMARTS) is 2. The van der Waals surface area contributed by atoms with Gasteiger partial charge in [0, 0.05) is 4.75 Å². The quantitative estimate of drug-likeness (QED) is 0.434. The fraction of sp³-hybridized carbons (Fsp3) is 0.588. The van der Waals surface area contributed by atoms with Crippen molar-refractivity contribution in [2.45, 2.75) is 57.7 Å². The van der Waals surface area contributed by atoms with Crippen molar-refractivity contribution in [3.63, 3.8) is 0 Å². The standard InChI is InChI=1S/C12H15NO4S.C5H10O2/c1-6(14)5-7-9(15)13-8(11(16)17)12(2,3)18(4)10(7)13;1-5(2,3)4(6)7/h5,8,10H,4H2,1-3H3,(H,16,17);1-3H3,(H,6,7)/b7-5+;/t8-,10+,18?;/m0./s1. The zero-order chi connectivity index (χ0) is 19.9. The molecule has 0 bridgehead atoms. The molecule has 0 saturated carbocycles. The lowest BCUT2D eigenvalue weighted by Crippen LogP contribution is -2.58. The number of hydrogen-bond acceptors (Lipinski definition) is 4. The number of rotatable bonds is 2. The zero-order valence-corrected chi connectivity index (χ0v) is 16.1. The highest BCUT2D eigenvalue weighted by molar-refractivity contribution is 8.16. The van der Waals surface area contributed by atoms with E-state index in [1.165, 1.54) is 17.9 Å². The fourth-order valence-electron chi connectivity index (χ4n) is 2.52. The highest BCUT2D eigenvalue weighted by Crippen LogP contribution is 2.56. The molecule has 0 spiro atoms. The third kappa shape index (κ3) is 3.84. The summed E-state index contributed by atoms with van der Waals surface area (Å²) in [5.41, 5.74) is -0.183. The minimum atomic E-state index is -1.01. The summed E-state index contributed by atoms with van der Waals surface area (Å²) in [5, 5.41) is 17.2. The molecule has 2 N–H and O–H groups in total. The number of β-lactam (4-membered cyclic amide) rings is 1. The van der Waals surface area contributed by atoms with Crippen molar-refractivity contribution < 1.29 is 29.4 Å². The molecule has 0 aromatic rings. The van der Waals surface area contributed by atoms with Crippen LogP contribution in [0, 0.1) is 5.41 Å². The maximum Gasteiger partial charge on any atom is 0.327 e. The van der Waals surface area contributed by atoms with Gasteiger partial charge in [0.15, 0.2) is 5.78 Å². The van der Waals surface area contributed by atoms with E-state index in [0.717, 1.165) is 0 Å². The molecule has 2 aliphatic rings. The van der Waals surface area contributed by atoms with E-state index in [0.29, 0.717) is 5.57 Å². The van der Waals surface area contributed by atoms with Gasteiger partial charge in [0.1, 0.15) is 11.4 Å².